The summed E-state index contributed by atoms with van der Waals surface area (Å²) in [7, 11) is 0. The number of hydrogen-bond donors (Lipinski definition) is 1. The van der Waals surface area contributed by atoms with Crippen molar-refractivity contribution in [3.8, 4) is 0 Å². The van der Waals surface area contributed by atoms with E-state index in [2.05, 4.69) is 22.9 Å². The Bertz CT molecular complexity index is 664. The Morgan fingerprint density at radius 3 is 2.57 bits per heavy atom. The molecule has 2 N–H and O–H groups in total. The van der Waals surface area contributed by atoms with Gasteiger partial charge in [0.25, 0.3) is 5.91 Å². The minimum Gasteiger partial charge on any atom is -0.368 e. The number of anilines is 2. The Balaban J connectivity index is 0.00000132. The Hall–Kier alpha value is -1.34. The molecule has 0 saturated heterocycles. The third-order valence-electron chi connectivity index (χ3n) is 3.68. The number of thiazole rings is 1. The molecule has 2 aromatic rings. The van der Waals surface area contributed by atoms with Gasteiger partial charge >= 0.3 is 0 Å². The summed E-state index contributed by atoms with van der Waals surface area (Å²) < 4.78 is 0. The average Bonchev–Trinajstić information content (AvgIpc) is 3.02. The Kier molecular flexibility index (Phi) is 7.28. The molecule has 23 heavy (non-hydrogen) atoms. The minimum atomic E-state index is -0.0471. The number of fused-ring (bicyclic) bond motifs is 1. The lowest BCUT2D eigenvalue weighted by Gasteiger charge is -2.36. The van der Waals surface area contributed by atoms with Crippen molar-refractivity contribution in [1.82, 2.24) is 4.98 Å². The van der Waals surface area contributed by atoms with Crippen molar-refractivity contribution >= 4 is 53.4 Å². The van der Waals surface area contributed by atoms with Gasteiger partial charge < -0.3 is 15.5 Å². The molecular weight excluding hydrogens is 355 g/mol. The second-order valence-electron chi connectivity index (χ2n) is 4.86. The first kappa shape index (κ1) is 19.7. The summed E-state index contributed by atoms with van der Waals surface area (Å²) in [6, 6.07) is 8.02. The number of hydrogen-bond acceptors (Lipinski definition) is 5. The molecule has 0 saturated carbocycles. The van der Waals surface area contributed by atoms with Crippen LogP contribution in [-0.4, -0.2) is 30.5 Å². The highest BCUT2D eigenvalue weighted by atomic mass is 35.5. The number of halogens is 2. The topological polar surface area (TPSA) is 62.5 Å². The van der Waals surface area contributed by atoms with Gasteiger partial charge in [0.2, 0.25) is 0 Å². The van der Waals surface area contributed by atoms with E-state index in [9.17, 15) is 4.79 Å². The number of amides is 1. The van der Waals surface area contributed by atoms with Crippen LogP contribution in [0.3, 0.4) is 0 Å². The first-order valence-corrected chi connectivity index (χ1v) is 7.93. The molecule has 126 valence electrons. The lowest BCUT2D eigenvalue weighted by molar-refractivity contribution is 0.0982. The van der Waals surface area contributed by atoms with Crippen molar-refractivity contribution in [1.29, 1.82) is 0 Å². The molecule has 3 rings (SSSR count). The number of nitrogens with zero attached hydrogens (tertiary/aromatic N) is 3. The van der Waals surface area contributed by atoms with Crippen molar-refractivity contribution in [2.45, 2.75) is 13.5 Å². The second-order valence-corrected chi connectivity index (χ2v) is 5.80. The molecule has 0 spiro atoms. The predicted molar refractivity (Wildman–Crippen MR) is 101 cm³/mol. The van der Waals surface area contributed by atoms with Crippen LogP contribution in [0, 0.1) is 0 Å². The van der Waals surface area contributed by atoms with Gasteiger partial charge in [0.05, 0.1) is 11.4 Å². The molecule has 0 unspecified atom stereocenters. The molecule has 1 aromatic heterocycles. The summed E-state index contributed by atoms with van der Waals surface area (Å²) in [6.07, 6.45) is 0. The fourth-order valence-electron chi connectivity index (χ4n) is 2.60. The summed E-state index contributed by atoms with van der Waals surface area (Å²) in [5, 5.41) is 2.58. The lowest BCUT2D eigenvalue weighted by atomic mass is 10.1. The number of para-hydroxylation sites is 2. The van der Waals surface area contributed by atoms with E-state index in [-0.39, 0.29) is 30.7 Å². The SMILES string of the molecule is CCN1CCN(C(=O)c2csc(CN)n2)c2ccccc21.Cl.Cl. The van der Waals surface area contributed by atoms with Gasteiger partial charge in [-0.1, -0.05) is 12.1 Å². The van der Waals surface area contributed by atoms with Crippen LogP contribution in [0.25, 0.3) is 0 Å². The number of rotatable bonds is 3. The van der Waals surface area contributed by atoms with Gasteiger partial charge in [0.1, 0.15) is 10.7 Å². The fourth-order valence-corrected chi connectivity index (χ4v) is 3.25. The summed E-state index contributed by atoms with van der Waals surface area (Å²) in [5.41, 5.74) is 8.12. The Morgan fingerprint density at radius 1 is 1.26 bits per heavy atom. The molecule has 1 aliphatic rings. The van der Waals surface area contributed by atoms with Crippen LogP contribution in [0.15, 0.2) is 29.6 Å². The molecule has 0 fully saturated rings. The molecule has 1 aliphatic heterocycles. The third kappa shape index (κ3) is 3.77. The monoisotopic (exact) mass is 374 g/mol. The molecule has 0 atom stereocenters. The Morgan fingerprint density at radius 2 is 1.96 bits per heavy atom. The van der Waals surface area contributed by atoms with E-state index in [1.54, 1.807) is 5.38 Å². The number of benzene rings is 1. The van der Waals surface area contributed by atoms with Crippen molar-refractivity contribution in [2.24, 2.45) is 5.73 Å². The number of carbonyl (C=O) groups is 1. The zero-order chi connectivity index (χ0) is 14.8. The normalized spacial score (nSPS) is 13.0. The van der Waals surface area contributed by atoms with Crippen LogP contribution >= 0.6 is 36.2 Å². The molecule has 0 radical (unpaired) electrons. The average molecular weight is 375 g/mol. The highest BCUT2D eigenvalue weighted by Crippen LogP contribution is 2.33. The van der Waals surface area contributed by atoms with Gasteiger partial charge in [-0.25, -0.2) is 4.98 Å². The van der Waals surface area contributed by atoms with Crippen LogP contribution < -0.4 is 15.5 Å². The summed E-state index contributed by atoms with van der Waals surface area (Å²) in [5.74, 6) is -0.0471. The van der Waals surface area contributed by atoms with E-state index in [0.717, 1.165) is 29.5 Å². The van der Waals surface area contributed by atoms with E-state index in [4.69, 9.17) is 5.73 Å². The van der Waals surface area contributed by atoms with E-state index >= 15 is 0 Å². The highest BCUT2D eigenvalue weighted by molar-refractivity contribution is 7.09. The Labute approximate surface area is 152 Å². The van der Waals surface area contributed by atoms with Crippen LogP contribution in [0.2, 0.25) is 0 Å². The molecule has 8 heteroatoms. The zero-order valence-corrected chi connectivity index (χ0v) is 15.2. The van der Waals surface area contributed by atoms with E-state index < -0.39 is 0 Å². The second kappa shape index (κ2) is 8.49. The summed E-state index contributed by atoms with van der Waals surface area (Å²) in [4.78, 5) is 21.1. The van der Waals surface area contributed by atoms with Gasteiger partial charge in [0, 0.05) is 31.6 Å². The number of nitrogens with two attached hydrogens (primary N) is 1. The maximum absolute atomic E-state index is 12.7. The largest absolute Gasteiger partial charge is 0.368 e. The van der Waals surface area contributed by atoms with E-state index in [1.807, 2.05) is 23.1 Å². The van der Waals surface area contributed by atoms with Gasteiger partial charge in [-0.05, 0) is 19.1 Å². The quantitative estimate of drug-likeness (QED) is 0.896. The molecule has 1 amide bonds. The maximum Gasteiger partial charge on any atom is 0.277 e. The fraction of sp³-hybridized carbons (Fsp3) is 0.333. The molecule has 1 aromatic carbocycles. The maximum atomic E-state index is 12.7. The first-order chi connectivity index (χ1) is 10.2. The third-order valence-corrected chi connectivity index (χ3v) is 4.55. The lowest BCUT2D eigenvalue weighted by Crippen LogP contribution is -2.44. The van der Waals surface area contributed by atoms with Crippen molar-refractivity contribution in [2.75, 3.05) is 29.4 Å². The first-order valence-electron chi connectivity index (χ1n) is 7.05. The summed E-state index contributed by atoms with van der Waals surface area (Å²) >= 11 is 1.43. The highest BCUT2D eigenvalue weighted by Gasteiger charge is 2.27. The van der Waals surface area contributed by atoms with Crippen LogP contribution in [0.5, 0.6) is 0 Å². The van der Waals surface area contributed by atoms with E-state index in [0.29, 0.717) is 18.8 Å². The van der Waals surface area contributed by atoms with Gasteiger partial charge in [-0.2, -0.15) is 0 Å². The zero-order valence-electron chi connectivity index (χ0n) is 12.8. The molecule has 5 nitrogen and oxygen atoms in total. The number of aromatic nitrogens is 1. The summed E-state index contributed by atoms with van der Waals surface area (Å²) in [6.45, 7) is 4.96. The van der Waals surface area contributed by atoms with Crippen molar-refractivity contribution < 1.29 is 4.79 Å². The van der Waals surface area contributed by atoms with Gasteiger partial charge in [-0.15, -0.1) is 36.2 Å². The van der Waals surface area contributed by atoms with Crippen LogP contribution in [-0.2, 0) is 6.54 Å². The molecule has 0 aliphatic carbocycles. The standard InChI is InChI=1S/C15H18N4OS.2ClH/c1-2-18-7-8-19(13-6-4-3-5-12(13)18)15(20)11-10-21-14(9-16)17-11;;/h3-6,10H,2,7-9,16H2,1H3;2*1H. The predicted octanol–water partition coefficient (Wildman–Crippen LogP) is 2.93. The van der Waals surface area contributed by atoms with Crippen LogP contribution in [0.4, 0.5) is 11.4 Å². The van der Waals surface area contributed by atoms with Gasteiger partial charge in [0.15, 0.2) is 0 Å². The van der Waals surface area contributed by atoms with Gasteiger partial charge in [-0.3, -0.25) is 4.79 Å². The smallest absolute Gasteiger partial charge is 0.277 e. The number of likely N-dealkylation sites (N-methyl/N-ethyl adjacent to an activating group) is 1. The van der Waals surface area contributed by atoms with Crippen LogP contribution in [0.1, 0.15) is 22.4 Å². The van der Waals surface area contributed by atoms with E-state index in [1.165, 1.54) is 11.3 Å². The van der Waals surface area contributed by atoms with Crippen molar-refractivity contribution in [3.63, 3.8) is 0 Å². The number of carbonyl (C=O) groups excluding carboxylic acids is 1. The van der Waals surface area contributed by atoms with Crippen molar-refractivity contribution in [3.05, 3.63) is 40.3 Å². The minimum absolute atomic E-state index is 0. The molecular formula is C15H20Cl2N4OS. The molecule has 2 heterocycles. The molecule has 0 bridgehead atoms.